The van der Waals surface area contributed by atoms with E-state index in [-0.39, 0.29) is 5.88 Å². The quantitative estimate of drug-likeness (QED) is 0.579. The lowest BCUT2D eigenvalue weighted by molar-refractivity contribution is 0.0599. The molecule has 0 amide bonds. The lowest BCUT2D eigenvalue weighted by Crippen LogP contribution is -2.05. The van der Waals surface area contributed by atoms with Crippen LogP contribution in [0.4, 0.5) is 0 Å². The first-order valence-corrected chi connectivity index (χ1v) is 4.94. The first kappa shape index (κ1) is 11.3. The third kappa shape index (κ3) is 2.20. The number of aryl methyl sites for hydroxylation is 1. The topological polar surface area (TPSA) is 26.3 Å². The van der Waals surface area contributed by atoms with Gasteiger partial charge in [-0.05, 0) is 24.6 Å². The molecule has 0 bridgehead atoms. The van der Waals surface area contributed by atoms with Crippen molar-refractivity contribution >= 4 is 29.2 Å². The second kappa shape index (κ2) is 4.67. The summed E-state index contributed by atoms with van der Waals surface area (Å²) >= 11 is 11.6. The molecule has 0 unspecified atom stereocenters. The maximum absolute atomic E-state index is 11.4. The number of halogens is 2. The largest absolute Gasteiger partial charge is 0.465 e. The molecule has 0 aliphatic heterocycles. The van der Waals surface area contributed by atoms with Crippen LogP contribution in [0.1, 0.15) is 21.5 Å². The molecule has 0 atom stereocenters. The molecule has 0 aliphatic rings. The average molecular weight is 233 g/mol. The van der Waals surface area contributed by atoms with Crippen LogP contribution >= 0.6 is 23.2 Å². The lowest BCUT2D eigenvalue weighted by Gasteiger charge is -2.08. The molecule has 14 heavy (non-hydrogen) atoms. The zero-order valence-corrected chi connectivity index (χ0v) is 9.45. The van der Waals surface area contributed by atoms with Crippen molar-refractivity contribution < 1.29 is 9.53 Å². The van der Waals surface area contributed by atoms with Crippen LogP contribution in [-0.4, -0.2) is 13.1 Å². The van der Waals surface area contributed by atoms with E-state index < -0.39 is 5.97 Å². The van der Waals surface area contributed by atoms with Gasteiger partial charge in [-0.25, -0.2) is 4.79 Å². The minimum Gasteiger partial charge on any atom is -0.465 e. The van der Waals surface area contributed by atoms with Gasteiger partial charge >= 0.3 is 5.97 Å². The lowest BCUT2D eigenvalue weighted by atomic mass is 10.1. The standard InChI is InChI=1S/C10H10Cl2O2/c1-6-3-7(10(13)14-2)8(5-11)9(12)4-6/h3-4H,5H2,1-2H3. The summed E-state index contributed by atoms with van der Waals surface area (Å²) in [6.07, 6.45) is 0. The number of rotatable bonds is 2. The number of benzene rings is 1. The van der Waals surface area contributed by atoms with Gasteiger partial charge in [0.05, 0.1) is 12.7 Å². The maximum Gasteiger partial charge on any atom is 0.338 e. The molecule has 0 fully saturated rings. The summed E-state index contributed by atoms with van der Waals surface area (Å²) in [6.45, 7) is 1.86. The van der Waals surface area contributed by atoms with Crippen LogP contribution in [0.15, 0.2) is 12.1 Å². The van der Waals surface area contributed by atoms with E-state index in [0.29, 0.717) is 16.1 Å². The van der Waals surface area contributed by atoms with Crippen molar-refractivity contribution in [1.82, 2.24) is 0 Å². The molecular formula is C10H10Cl2O2. The minimum absolute atomic E-state index is 0.198. The van der Waals surface area contributed by atoms with Gasteiger partial charge in [0.15, 0.2) is 0 Å². The van der Waals surface area contributed by atoms with Gasteiger partial charge < -0.3 is 4.74 Å². The second-order valence-corrected chi connectivity index (χ2v) is 3.57. The Hall–Kier alpha value is -0.730. The number of hydrogen-bond donors (Lipinski definition) is 0. The summed E-state index contributed by atoms with van der Waals surface area (Å²) in [7, 11) is 1.33. The molecule has 1 aromatic rings. The number of carbonyl (C=O) groups excluding carboxylic acids is 1. The number of hydrogen-bond acceptors (Lipinski definition) is 2. The zero-order valence-electron chi connectivity index (χ0n) is 7.93. The van der Waals surface area contributed by atoms with E-state index in [1.54, 1.807) is 12.1 Å². The van der Waals surface area contributed by atoms with E-state index in [1.165, 1.54) is 7.11 Å². The fraction of sp³-hybridized carbons (Fsp3) is 0.300. The minimum atomic E-state index is -0.411. The summed E-state index contributed by atoms with van der Waals surface area (Å²) in [6, 6.07) is 3.49. The van der Waals surface area contributed by atoms with Crippen molar-refractivity contribution in [2.24, 2.45) is 0 Å². The predicted molar refractivity (Wildman–Crippen MR) is 57.1 cm³/mol. The van der Waals surface area contributed by atoms with Gasteiger partial charge in [0, 0.05) is 16.5 Å². The highest BCUT2D eigenvalue weighted by Crippen LogP contribution is 2.24. The normalized spacial score (nSPS) is 10.0. The predicted octanol–water partition coefficient (Wildman–Crippen LogP) is 3.17. The van der Waals surface area contributed by atoms with Crippen LogP contribution in [-0.2, 0) is 10.6 Å². The Morgan fingerprint density at radius 3 is 2.64 bits per heavy atom. The summed E-state index contributed by atoms with van der Waals surface area (Å²) < 4.78 is 4.63. The summed E-state index contributed by atoms with van der Waals surface area (Å²) in [4.78, 5) is 11.4. The SMILES string of the molecule is COC(=O)c1cc(C)cc(Cl)c1CCl. The van der Waals surface area contributed by atoms with Gasteiger partial charge in [-0.1, -0.05) is 11.6 Å². The molecule has 2 nitrogen and oxygen atoms in total. The van der Waals surface area contributed by atoms with Crippen molar-refractivity contribution in [3.8, 4) is 0 Å². The van der Waals surface area contributed by atoms with Gasteiger partial charge in [0.1, 0.15) is 0 Å². The molecule has 0 N–H and O–H groups in total. The van der Waals surface area contributed by atoms with E-state index >= 15 is 0 Å². The Morgan fingerprint density at radius 1 is 1.50 bits per heavy atom. The van der Waals surface area contributed by atoms with Crippen molar-refractivity contribution in [3.05, 3.63) is 33.8 Å². The van der Waals surface area contributed by atoms with E-state index in [2.05, 4.69) is 4.74 Å². The molecule has 0 radical (unpaired) electrons. The van der Waals surface area contributed by atoms with Crippen LogP contribution in [0.2, 0.25) is 5.02 Å². The third-order valence-corrected chi connectivity index (χ3v) is 2.48. The molecule has 76 valence electrons. The molecule has 0 saturated heterocycles. The van der Waals surface area contributed by atoms with Gasteiger partial charge in [0.2, 0.25) is 0 Å². The third-order valence-electron chi connectivity index (χ3n) is 1.88. The van der Waals surface area contributed by atoms with Crippen LogP contribution in [0.3, 0.4) is 0 Å². The van der Waals surface area contributed by atoms with E-state index in [9.17, 15) is 4.79 Å². The maximum atomic E-state index is 11.4. The van der Waals surface area contributed by atoms with Crippen LogP contribution in [0.5, 0.6) is 0 Å². The Labute approximate surface area is 92.8 Å². The van der Waals surface area contributed by atoms with E-state index in [0.717, 1.165) is 5.56 Å². The molecule has 1 rings (SSSR count). The summed E-state index contributed by atoms with van der Waals surface area (Å²) in [5.74, 6) is -0.213. The smallest absolute Gasteiger partial charge is 0.338 e. The van der Waals surface area contributed by atoms with Gasteiger partial charge in [-0.3, -0.25) is 0 Å². The van der Waals surface area contributed by atoms with Crippen molar-refractivity contribution in [2.45, 2.75) is 12.8 Å². The number of ether oxygens (including phenoxy) is 1. The van der Waals surface area contributed by atoms with Crippen LogP contribution < -0.4 is 0 Å². The summed E-state index contributed by atoms with van der Waals surface area (Å²) in [5.41, 5.74) is 1.96. The fourth-order valence-electron chi connectivity index (χ4n) is 1.20. The molecule has 0 heterocycles. The van der Waals surface area contributed by atoms with Crippen molar-refractivity contribution in [3.63, 3.8) is 0 Å². The Kier molecular flexibility index (Phi) is 3.78. The molecule has 0 aliphatic carbocycles. The molecule has 1 aromatic carbocycles. The first-order valence-electron chi connectivity index (χ1n) is 4.03. The molecule has 0 saturated carbocycles. The average Bonchev–Trinajstić information content (AvgIpc) is 2.15. The molecular weight excluding hydrogens is 223 g/mol. The fourth-order valence-corrected chi connectivity index (χ4v) is 1.90. The first-order chi connectivity index (χ1) is 6.60. The van der Waals surface area contributed by atoms with Crippen molar-refractivity contribution in [1.29, 1.82) is 0 Å². The van der Waals surface area contributed by atoms with Crippen LogP contribution in [0, 0.1) is 6.92 Å². The second-order valence-electron chi connectivity index (χ2n) is 2.90. The molecule has 4 heteroatoms. The highest BCUT2D eigenvalue weighted by molar-refractivity contribution is 6.33. The summed E-state index contributed by atoms with van der Waals surface area (Å²) in [5, 5.41) is 0.500. The van der Waals surface area contributed by atoms with E-state index in [4.69, 9.17) is 23.2 Å². The van der Waals surface area contributed by atoms with Crippen molar-refractivity contribution in [2.75, 3.05) is 7.11 Å². The number of alkyl halides is 1. The number of carbonyl (C=O) groups is 1. The zero-order chi connectivity index (χ0) is 10.7. The molecule has 0 aromatic heterocycles. The Morgan fingerprint density at radius 2 is 2.14 bits per heavy atom. The Bertz CT molecular complexity index is 361. The number of methoxy groups -OCH3 is 1. The Balaban J connectivity index is 3.32. The van der Waals surface area contributed by atoms with E-state index in [1.807, 2.05) is 6.92 Å². The molecule has 0 spiro atoms. The van der Waals surface area contributed by atoms with Crippen LogP contribution in [0.25, 0.3) is 0 Å². The highest BCUT2D eigenvalue weighted by Gasteiger charge is 2.14. The number of esters is 1. The monoisotopic (exact) mass is 232 g/mol. The highest BCUT2D eigenvalue weighted by atomic mass is 35.5. The van der Waals surface area contributed by atoms with Gasteiger partial charge in [0.25, 0.3) is 0 Å². The van der Waals surface area contributed by atoms with Gasteiger partial charge in [-0.15, -0.1) is 11.6 Å². The van der Waals surface area contributed by atoms with Gasteiger partial charge in [-0.2, -0.15) is 0 Å².